The molecule has 1 fully saturated rings. The van der Waals surface area contributed by atoms with Gasteiger partial charge in [-0.15, -0.1) is 35.3 Å². The summed E-state index contributed by atoms with van der Waals surface area (Å²) in [6, 6.07) is 7.29. The smallest absolute Gasteiger partial charge is 0.252 e. The third-order valence-corrected chi connectivity index (χ3v) is 7.55. The van der Waals surface area contributed by atoms with Crippen molar-refractivity contribution in [1.82, 2.24) is 14.9 Å². The highest BCUT2D eigenvalue weighted by atomic mass is 127. The molecule has 2 N–H and O–H groups in total. The molecule has 0 radical (unpaired) electrons. The molecule has 2 aromatic heterocycles. The predicted octanol–water partition coefficient (Wildman–Crippen LogP) is 1.89. The van der Waals surface area contributed by atoms with Crippen LogP contribution in [0.5, 0.6) is 0 Å². The largest absolute Gasteiger partial charge is 0.469 e. The number of hydrogen-bond donors (Lipinski definition) is 2. The number of ether oxygens (including phenoxy) is 1. The zero-order valence-corrected chi connectivity index (χ0v) is 19.6. The molecule has 3 heterocycles. The zero-order chi connectivity index (χ0) is 19.1. The number of morpholine rings is 1. The monoisotopic (exact) mass is 540 g/mol. The van der Waals surface area contributed by atoms with E-state index in [2.05, 4.69) is 15.6 Å². The molecular weight excluding hydrogens is 515 g/mol. The number of nitrogens with zero attached hydrogens (tertiary/aromatic N) is 2. The lowest BCUT2D eigenvalue weighted by Gasteiger charge is -2.25. The average Bonchev–Trinajstić information content (AvgIpc) is 3.37. The van der Waals surface area contributed by atoms with E-state index in [0.29, 0.717) is 49.6 Å². The first-order valence-corrected chi connectivity index (χ1v) is 11.0. The van der Waals surface area contributed by atoms with Crippen LogP contribution in [0, 0.1) is 0 Å². The van der Waals surface area contributed by atoms with Crippen LogP contribution in [0.2, 0.25) is 0 Å². The van der Waals surface area contributed by atoms with Crippen molar-refractivity contribution in [2.75, 3.05) is 39.9 Å². The second-order valence-electron chi connectivity index (χ2n) is 5.92. The molecule has 1 aliphatic rings. The van der Waals surface area contributed by atoms with E-state index in [1.54, 1.807) is 19.4 Å². The van der Waals surface area contributed by atoms with Crippen molar-refractivity contribution in [3.05, 3.63) is 41.2 Å². The molecule has 1 saturated heterocycles. The molecule has 0 aromatic carbocycles. The van der Waals surface area contributed by atoms with E-state index in [4.69, 9.17) is 9.15 Å². The third kappa shape index (κ3) is 6.17. The van der Waals surface area contributed by atoms with Gasteiger partial charge < -0.3 is 19.8 Å². The average molecular weight is 540 g/mol. The molecule has 0 amide bonds. The summed E-state index contributed by atoms with van der Waals surface area (Å²) in [6.07, 6.45) is 2.41. The second-order valence-corrected chi connectivity index (χ2v) is 9.25. The minimum atomic E-state index is -3.44. The Morgan fingerprint density at radius 1 is 1.25 bits per heavy atom. The van der Waals surface area contributed by atoms with Gasteiger partial charge in [-0.05, 0) is 24.3 Å². The molecule has 28 heavy (non-hydrogen) atoms. The molecule has 11 heteroatoms. The maximum absolute atomic E-state index is 12.7. The molecule has 1 aliphatic heterocycles. The van der Waals surface area contributed by atoms with Gasteiger partial charge in [0.05, 0.1) is 26.0 Å². The van der Waals surface area contributed by atoms with Gasteiger partial charge in [0, 0.05) is 38.0 Å². The van der Waals surface area contributed by atoms with Gasteiger partial charge in [-0.2, -0.15) is 4.31 Å². The Balaban J connectivity index is 0.00000280. The summed E-state index contributed by atoms with van der Waals surface area (Å²) in [6.45, 7) is 2.89. The van der Waals surface area contributed by atoms with Crippen LogP contribution in [0.4, 0.5) is 0 Å². The summed E-state index contributed by atoms with van der Waals surface area (Å²) < 4.78 is 37.7. The first-order chi connectivity index (χ1) is 13.1. The molecular formula is C17H25IN4O4S2. The van der Waals surface area contributed by atoms with Gasteiger partial charge in [-0.25, -0.2) is 8.42 Å². The van der Waals surface area contributed by atoms with Crippen molar-refractivity contribution in [3.8, 4) is 0 Å². The van der Waals surface area contributed by atoms with E-state index in [0.717, 1.165) is 17.1 Å². The molecule has 156 valence electrons. The van der Waals surface area contributed by atoms with Crippen LogP contribution in [-0.4, -0.2) is 58.6 Å². The van der Waals surface area contributed by atoms with Crippen LogP contribution in [-0.2, 0) is 27.7 Å². The van der Waals surface area contributed by atoms with Crippen molar-refractivity contribution >= 4 is 51.3 Å². The van der Waals surface area contributed by atoms with Gasteiger partial charge in [-0.1, -0.05) is 0 Å². The Bertz CT molecular complexity index is 846. The first-order valence-electron chi connectivity index (χ1n) is 8.73. The molecule has 0 aliphatic carbocycles. The highest BCUT2D eigenvalue weighted by Crippen LogP contribution is 2.25. The predicted molar refractivity (Wildman–Crippen MR) is 120 cm³/mol. The number of furan rings is 1. The van der Waals surface area contributed by atoms with Crippen molar-refractivity contribution in [3.63, 3.8) is 0 Å². The zero-order valence-electron chi connectivity index (χ0n) is 15.6. The summed E-state index contributed by atoms with van der Waals surface area (Å²) in [4.78, 5) is 5.11. The van der Waals surface area contributed by atoms with Gasteiger partial charge in [0.15, 0.2) is 5.96 Å². The van der Waals surface area contributed by atoms with Crippen LogP contribution >= 0.6 is 35.3 Å². The van der Waals surface area contributed by atoms with Crippen molar-refractivity contribution in [1.29, 1.82) is 0 Å². The van der Waals surface area contributed by atoms with Crippen LogP contribution in [0.15, 0.2) is 44.1 Å². The molecule has 3 rings (SSSR count). The highest BCUT2D eigenvalue weighted by molar-refractivity contribution is 14.0. The molecule has 2 aromatic rings. The van der Waals surface area contributed by atoms with Crippen LogP contribution < -0.4 is 10.6 Å². The Labute approximate surface area is 186 Å². The van der Waals surface area contributed by atoms with E-state index in [9.17, 15) is 8.42 Å². The van der Waals surface area contributed by atoms with Gasteiger partial charge in [0.25, 0.3) is 10.0 Å². The topological polar surface area (TPSA) is 96.2 Å². The number of nitrogens with one attached hydrogen (secondary N) is 2. The lowest BCUT2D eigenvalue weighted by molar-refractivity contribution is 0.0731. The standard InChI is InChI=1S/C17H24N4O4S2.HI/c1-18-17(19-7-6-14-3-2-10-25-14)20-13-15-4-5-16(26-15)27(22,23)21-8-11-24-12-9-21;/h2-5,10H,6-9,11-13H2,1H3,(H2,18,19,20);1H. The van der Waals surface area contributed by atoms with E-state index in [1.807, 2.05) is 18.2 Å². The summed E-state index contributed by atoms with van der Waals surface area (Å²) >= 11 is 1.28. The summed E-state index contributed by atoms with van der Waals surface area (Å²) in [5.74, 6) is 1.57. The van der Waals surface area contributed by atoms with Gasteiger partial charge in [-0.3, -0.25) is 4.99 Å². The van der Waals surface area contributed by atoms with Crippen molar-refractivity contribution in [2.45, 2.75) is 17.2 Å². The first kappa shape index (κ1) is 23.1. The molecule has 8 nitrogen and oxygen atoms in total. The Morgan fingerprint density at radius 3 is 2.71 bits per heavy atom. The fourth-order valence-corrected chi connectivity index (χ4v) is 5.51. The lowest BCUT2D eigenvalue weighted by atomic mass is 10.3. The fourth-order valence-electron chi connectivity index (χ4n) is 2.66. The Kier molecular flexibility index (Phi) is 9.21. The number of halogens is 1. The third-order valence-electron chi connectivity index (χ3n) is 4.10. The number of guanidine groups is 1. The quantitative estimate of drug-likeness (QED) is 0.317. The number of aliphatic imine (C=N–C) groups is 1. The van der Waals surface area contributed by atoms with E-state index >= 15 is 0 Å². The summed E-state index contributed by atoms with van der Waals surface area (Å²) in [7, 11) is -1.74. The maximum atomic E-state index is 12.7. The van der Waals surface area contributed by atoms with Crippen LogP contribution in [0.1, 0.15) is 10.6 Å². The second kappa shape index (κ2) is 11.1. The lowest BCUT2D eigenvalue weighted by Crippen LogP contribution is -2.40. The van der Waals surface area contributed by atoms with Crippen molar-refractivity contribution < 1.29 is 17.6 Å². The van der Waals surface area contributed by atoms with Gasteiger partial charge >= 0.3 is 0 Å². The number of hydrogen-bond acceptors (Lipinski definition) is 6. The fraction of sp³-hybridized carbons (Fsp3) is 0.471. The van der Waals surface area contributed by atoms with E-state index in [-0.39, 0.29) is 24.0 Å². The van der Waals surface area contributed by atoms with Crippen LogP contribution in [0.25, 0.3) is 0 Å². The Morgan fingerprint density at radius 2 is 2.04 bits per heavy atom. The summed E-state index contributed by atoms with van der Waals surface area (Å²) in [5.41, 5.74) is 0. The maximum Gasteiger partial charge on any atom is 0.252 e. The minimum Gasteiger partial charge on any atom is -0.469 e. The molecule has 0 saturated carbocycles. The highest BCUT2D eigenvalue weighted by Gasteiger charge is 2.27. The Hall–Kier alpha value is -1.15. The molecule has 0 spiro atoms. The van der Waals surface area contributed by atoms with Gasteiger partial charge in [0.2, 0.25) is 0 Å². The van der Waals surface area contributed by atoms with Gasteiger partial charge in [0.1, 0.15) is 9.97 Å². The molecule has 0 bridgehead atoms. The molecule has 0 atom stereocenters. The number of sulfonamides is 1. The van der Waals surface area contributed by atoms with Crippen molar-refractivity contribution in [2.24, 2.45) is 4.99 Å². The number of thiophene rings is 1. The SMILES string of the molecule is CN=C(NCCc1ccco1)NCc1ccc(S(=O)(=O)N2CCOCC2)s1.I. The minimum absolute atomic E-state index is 0. The number of rotatable bonds is 7. The molecule has 0 unspecified atom stereocenters. The normalized spacial score (nSPS) is 15.8. The summed E-state index contributed by atoms with van der Waals surface area (Å²) in [5, 5.41) is 6.41. The van der Waals surface area contributed by atoms with E-state index < -0.39 is 10.0 Å². The van der Waals surface area contributed by atoms with Crippen LogP contribution in [0.3, 0.4) is 0 Å². The van der Waals surface area contributed by atoms with E-state index in [1.165, 1.54) is 15.6 Å².